The maximum Gasteiger partial charge on any atom is 0.253 e. The second-order valence-corrected chi connectivity index (χ2v) is 9.96. The lowest BCUT2D eigenvalue weighted by molar-refractivity contribution is 0.581. The number of fused-ring (bicyclic) bond motifs is 1. The van der Waals surface area contributed by atoms with E-state index in [-0.39, 0.29) is 28.9 Å². The lowest BCUT2D eigenvalue weighted by Gasteiger charge is -2.15. The average molecular weight is 435 g/mol. The van der Waals surface area contributed by atoms with Crippen LogP contribution in [0.2, 0.25) is 5.02 Å². The van der Waals surface area contributed by atoms with Crippen LogP contribution in [-0.2, 0) is 15.6 Å². The van der Waals surface area contributed by atoms with E-state index in [9.17, 15) is 13.2 Å². The summed E-state index contributed by atoms with van der Waals surface area (Å²) in [6.07, 6.45) is 1.51. The Balaban J connectivity index is 1.83. The van der Waals surface area contributed by atoms with E-state index in [4.69, 9.17) is 11.6 Å². The molecule has 7 nitrogen and oxygen atoms in total. The summed E-state index contributed by atoms with van der Waals surface area (Å²) in [5.41, 5.74) is 1.24. The van der Waals surface area contributed by atoms with Crippen LogP contribution in [0, 0.1) is 5.92 Å². The molecule has 0 aliphatic heterocycles. The number of hydrogen-bond donors (Lipinski definition) is 2. The van der Waals surface area contributed by atoms with Gasteiger partial charge in [0, 0.05) is 17.1 Å². The second-order valence-electron chi connectivity index (χ2n) is 7.44. The molecule has 0 amide bonds. The van der Waals surface area contributed by atoms with E-state index >= 15 is 0 Å². The van der Waals surface area contributed by atoms with Crippen LogP contribution < -0.4 is 10.9 Å². The van der Waals surface area contributed by atoms with Gasteiger partial charge in [0.2, 0.25) is 5.95 Å². The number of para-hydroxylation sites is 1. The number of rotatable bonds is 7. The maximum absolute atomic E-state index is 12.5. The minimum atomic E-state index is -3.25. The van der Waals surface area contributed by atoms with E-state index in [0.29, 0.717) is 21.8 Å². The highest BCUT2D eigenvalue weighted by atomic mass is 35.5. The predicted octanol–water partition coefficient (Wildman–Crippen LogP) is 3.72. The van der Waals surface area contributed by atoms with Crippen molar-refractivity contribution in [3.8, 4) is 0 Å². The zero-order valence-electron chi connectivity index (χ0n) is 16.4. The molecule has 0 unspecified atom stereocenters. The number of nitrogens with one attached hydrogen (secondary N) is 2. The van der Waals surface area contributed by atoms with E-state index in [1.807, 2.05) is 32.9 Å². The van der Waals surface area contributed by atoms with Gasteiger partial charge in [0.15, 0.2) is 9.84 Å². The van der Waals surface area contributed by atoms with Crippen LogP contribution in [0.1, 0.15) is 38.1 Å². The predicted molar refractivity (Wildman–Crippen MR) is 116 cm³/mol. The number of pyridine rings is 1. The molecule has 0 radical (unpaired) electrons. The summed E-state index contributed by atoms with van der Waals surface area (Å²) in [6.45, 7) is 5.54. The summed E-state index contributed by atoms with van der Waals surface area (Å²) in [5.74, 6) is 0.268. The Morgan fingerprint density at radius 1 is 1.21 bits per heavy atom. The van der Waals surface area contributed by atoms with Gasteiger partial charge in [-0.25, -0.2) is 18.4 Å². The molecule has 2 N–H and O–H groups in total. The molecule has 0 saturated heterocycles. The van der Waals surface area contributed by atoms with Crippen molar-refractivity contribution in [2.45, 2.75) is 32.6 Å². The second kappa shape index (κ2) is 8.51. The molecule has 1 atom stereocenters. The normalized spacial score (nSPS) is 13.0. The van der Waals surface area contributed by atoms with E-state index in [1.54, 1.807) is 18.2 Å². The number of sulfone groups is 1. The van der Waals surface area contributed by atoms with Crippen LogP contribution in [0.25, 0.3) is 10.9 Å². The van der Waals surface area contributed by atoms with Crippen LogP contribution in [0.5, 0.6) is 0 Å². The number of aromatic amines is 1. The number of benzene rings is 1. The van der Waals surface area contributed by atoms with Crippen molar-refractivity contribution in [3.63, 3.8) is 0 Å². The largest absolute Gasteiger partial charge is 0.347 e. The summed E-state index contributed by atoms with van der Waals surface area (Å²) in [6, 6.07) is 8.35. The van der Waals surface area contributed by atoms with Gasteiger partial charge < -0.3 is 10.3 Å². The van der Waals surface area contributed by atoms with Crippen molar-refractivity contribution in [2.24, 2.45) is 5.92 Å². The fraction of sp³-hybridized carbons (Fsp3) is 0.350. The summed E-state index contributed by atoms with van der Waals surface area (Å²) in [7, 11) is -3.25. The molecule has 29 heavy (non-hydrogen) atoms. The minimum Gasteiger partial charge on any atom is -0.347 e. The zero-order chi connectivity index (χ0) is 21.2. The Morgan fingerprint density at radius 2 is 1.97 bits per heavy atom. The van der Waals surface area contributed by atoms with Gasteiger partial charge in [-0.3, -0.25) is 4.79 Å². The van der Waals surface area contributed by atoms with Gasteiger partial charge in [0.05, 0.1) is 33.8 Å². The fourth-order valence-electron chi connectivity index (χ4n) is 3.14. The van der Waals surface area contributed by atoms with Crippen LogP contribution >= 0.6 is 11.6 Å². The van der Waals surface area contributed by atoms with Gasteiger partial charge in [-0.1, -0.05) is 37.6 Å². The van der Waals surface area contributed by atoms with Crippen molar-refractivity contribution < 1.29 is 8.42 Å². The molecule has 0 spiro atoms. The highest BCUT2D eigenvalue weighted by molar-refractivity contribution is 7.90. The summed E-state index contributed by atoms with van der Waals surface area (Å²) < 4.78 is 24.4. The first kappa shape index (κ1) is 21.3. The molecule has 0 bridgehead atoms. The van der Waals surface area contributed by atoms with Gasteiger partial charge in [-0.2, -0.15) is 0 Å². The molecule has 0 saturated carbocycles. The van der Waals surface area contributed by atoms with E-state index in [1.165, 1.54) is 6.20 Å². The quantitative estimate of drug-likeness (QED) is 0.587. The van der Waals surface area contributed by atoms with Crippen molar-refractivity contribution in [1.29, 1.82) is 0 Å². The number of halogens is 1. The summed E-state index contributed by atoms with van der Waals surface area (Å²) in [4.78, 5) is 23.8. The van der Waals surface area contributed by atoms with Crippen molar-refractivity contribution in [2.75, 3.05) is 11.1 Å². The molecule has 2 aromatic heterocycles. The Hall–Kier alpha value is -2.45. The smallest absolute Gasteiger partial charge is 0.253 e. The van der Waals surface area contributed by atoms with Crippen molar-refractivity contribution in [1.82, 2.24) is 15.0 Å². The maximum atomic E-state index is 12.5. The number of H-pyrrole nitrogens is 1. The average Bonchev–Trinajstić information content (AvgIpc) is 2.60. The molecule has 0 aliphatic carbocycles. The summed E-state index contributed by atoms with van der Waals surface area (Å²) in [5, 5.41) is 4.37. The number of nitrogens with zero attached hydrogens (tertiary/aromatic N) is 2. The first-order chi connectivity index (χ1) is 13.6. The zero-order valence-corrected chi connectivity index (χ0v) is 18.0. The van der Waals surface area contributed by atoms with Gasteiger partial charge >= 0.3 is 0 Å². The summed E-state index contributed by atoms with van der Waals surface area (Å²) >= 11 is 6.14. The Bertz CT molecular complexity index is 1190. The Kier molecular flexibility index (Phi) is 6.24. The third kappa shape index (κ3) is 5.33. The van der Waals surface area contributed by atoms with Gasteiger partial charge in [0.1, 0.15) is 0 Å². The molecular weight excluding hydrogens is 412 g/mol. The highest BCUT2D eigenvalue weighted by Crippen LogP contribution is 2.23. The standard InChI is InChI=1S/C20H23ClN4O3S/c1-12(2)10-29(27,28)11-15-7-8-22-20(24-15)23-13(3)16-9-14-5-4-6-17(21)18(14)25-19(16)26/h4-9,12-13H,10-11H2,1-3H3,(H,25,26)(H,22,23,24)/t13-/m0/s1. The van der Waals surface area contributed by atoms with E-state index in [0.717, 1.165) is 5.39 Å². The monoisotopic (exact) mass is 434 g/mol. The van der Waals surface area contributed by atoms with E-state index in [2.05, 4.69) is 20.3 Å². The third-order valence-electron chi connectivity index (χ3n) is 4.34. The molecule has 0 aliphatic rings. The lowest BCUT2D eigenvalue weighted by atomic mass is 10.1. The topological polar surface area (TPSA) is 105 Å². The molecule has 154 valence electrons. The SMILES string of the molecule is CC(C)CS(=O)(=O)Cc1ccnc(N[C@@H](C)c2cc3cccc(Cl)c3[nH]c2=O)n1. The first-order valence-corrected chi connectivity index (χ1v) is 11.4. The third-order valence-corrected chi connectivity index (χ3v) is 6.56. The van der Waals surface area contributed by atoms with Crippen molar-refractivity contribution >= 4 is 38.3 Å². The van der Waals surface area contributed by atoms with Gasteiger partial charge in [-0.15, -0.1) is 0 Å². The van der Waals surface area contributed by atoms with E-state index < -0.39 is 15.9 Å². The van der Waals surface area contributed by atoms with Crippen LogP contribution in [-0.4, -0.2) is 29.1 Å². The van der Waals surface area contributed by atoms with Crippen LogP contribution in [0.15, 0.2) is 41.3 Å². The van der Waals surface area contributed by atoms with Gasteiger partial charge in [-0.05, 0) is 31.0 Å². The molecule has 3 aromatic rings. The fourth-order valence-corrected chi connectivity index (χ4v) is 5.12. The molecular formula is C20H23ClN4O3S. The molecule has 3 rings (SSSR count). The van der Waals surface area contributed by atoms with Gasteiger partial charge in [0.25, 0.3) is 5.56 Å². The van der Waals surface area contributed by atoms with Crippen molar-refractivity contribution in [3.05, 3.63) is 63.2 Å². The first-order valence-electron chi connectivity index (χ1n) is 9.25. The highest BCUT2D eigenvalue weighted by Gasteiger charge is 2.17. The minimum absolute atomic E-state index is 0.0487. The Morgan fingerprint density at radius 3 is 2.69 bits per heavy atom. The molecule has 2 heterocycles. The number of anilines is 1. The lowest BCUT2D eigenvalue weighted by Crippen LogP contribution is -2.21. The molecule has 0 fully saturated rings. The molecule has 1 aromatic carbocycles. The number of hydrogen-bond acceptors (Lipinski definition) is 6. The Labute approximate surface area is 174 Å². The van der Waals surface area contributed by atoms with Crippen LogP contribution in [0.4, 0.5) is 5.95 Å². The van der Waals surface area contributed by atoms with Crippen LogP contribution in [0.3, 0.4) is 0 Å². The molecule has 9 heteroatoms. The number of aromatic nitrogens is 3.